The number of carbonyl (C=O) groups is 2. The molecule has 1 amide bonds. The molecule has 8 heteroatoms. The predicted octanol–water partition coefficient (Wildman–Crippen LogP) is 0.445. The summed E-state index contributed by atoms with van der Waals surface area (Å²) in [6.07, 6.45) is 0.800. The first-order chi connectivity index (χ1) is 8.51. The molecule has 1 aromatic rings. The lowest BCUT2D eigenvalue weighted by atomic mass is 10.4. The quantitative estimate of drug-likeness (QED) is 0.748. The summed E-state index contributed by atoms with van der Waals surface area (Å²) in [5.74, 6) is -1.10. The highest BCUT2D eigenvalue weighted by Crippen LogP contribution is 2.14. The molecular formula is C10H16N4O3S. The van der Waals surface area contributed by atoms with Crippen molar-refractivity contribution in [3.8, 4) is 0 Å². The standard InChI is InChI=1S/C10H16N4O3S/c1-3-8-12-13-10(18-8)11-7(15)6-14(2)5-4-9(16)17/h3-6H2,1-2H3,(H,16,17)(H,11,13,15). The van der Waals surface area contributed by atoms with Gasteiger partial charge >= 0.3 is 5.97 Å². The molecule has 18 heavy (non-hydrogen) atoms. The van der Waals surface area contributed by atoms with Crippen molar-refractivity contribution in [2.75, 3.05) is 25.5 Å². The van der Waals surface area contributed by atoms with Crippen molar-refractivity contribution in [3.63, 3.8) is 0 Å². The average molecular weight is 272 g/mol. The van der Waals surface area contributed by atoms with Gasteiger partial charge in [0.1, 0.15) is 5.01 Å². The van der Waals surface area contributed by atoms with Crippen LogP contribution < -0.4 is 5.32 Å². The molecule has 0 unspecified atom stereocenters. The molecule has 0 aliphatic carbocycles. The summed E-state index contributed by atoms with van der Waals surface area (Å²) in [4.78, 5) is 23.6. The van der Waals surface area contributed by atoms with E-state index in [2.05, 4.69) is 15.5 Å². The number of nitrogens with one attached hydrogen (secondary N) is 1. The summed E-state index contributed by atoms with van der Waals surface area (Å²) in [6.45, 7) is 2.43. The Kier molecular flexibility index (Phi) is 5.66. The zero-order valence-electron chi connectivity index (χ0n) is 10.3. The van der Waals surface area contributed by atoms with E-state index in [0.717, 1.165) is 11.4 Å². The summed E-state index contributed by atoms with van der Waals surface area (Å²) < 4.78 is 0. The lowest BCUT2D eigenvalue weighted by Crippen LogP contribution is -2.31. The Morgan fingerprint density at radius 2 is 2.17 bits per heavy atom. The maximum absolute atomic E-state index is 11.6. The number of hydrogen-bond donors (Lipinski definition) is 2. The SMILES string of the molecule is CCc1nnc(NC(=O)CN(C)CCC(=O)O)s1. The summed E-state index contributed by atoms with van der Waals surface area (Å²) in [6, 6.07) is 0. The molecule has 0 aliphatic heterocycles. The van der Waals surface area contributed by atoms with Crippen LogP contribution in [0.5, 0.6) is 0 Å². The number of hydrogen-bond acceptors (Lipinski definition) is 6. The van der Waals surface area contributed by atoms with E-state index in [9.17, 15) is 9.59 Å². The molecule has 0 saturated carbocycles. The lowest BCUT2D eigenvalue weighted by Gasteiger charge is -2.13. The van der Waals surface area contributed by atoms with Gasteiger partial charge in [0.05, 0.1) is 13.0 Å². The molecule has 0 atom stereocenters. The number of rotatable bonds is 7. The van der Waals surface area contributed by atoms with Gasteiger partial charge in [-0.3, -0.25) is 19.8 Å². The van der Waals surface area contributed by atoms with E-state index in [-0.39, 0.29) is 18.9 Å². The van der Waals surface area contributed by atoms with E-state index in [4.69, 9.17) is 5.11 Å². The van der Waals surface area contributed by atoms with Crippen molar-refractivity contribution < 1.29 is 14.7 Å². The van der Waals surface area contributed by atoms with Gasteiger partial charge in [-0.15, -0.1) is 10.2 Å². The number of aryl methyl sites for hydroxylation is 1. The van der Waals surface area contributed by atoms with Gasteiger partial charge in [0.2, 0.25) is 11.0 Å². The van der Waals surface area contributed by atoms with Gasteiger partial charge < -0.3 is 5.11 Å². The number of aliphatic carboxylic acids is 1. The Morgan fingerprint density at radius 3 is 2.72 bits per heavy atom. The van der Waals surface area contributed by atoms with Crippen molar-refractivity contribution in [1.29, 1.82) is 0 Å². The van der Waals surface area contributed by atoms with E-state index in [0.29, 0.717) is 11.7 Å². The molecule has 0 saturated heterocycles. The Labute approximate surface area is 109 Å². The summed E-state index contributed by atoms with van der Waals surface area (Å²) >= 11 is 1.34. The first-order valence-corrected chi connectivity index (χ1v) is 6.35. The molecule has 0 aromatic carbocycles. The van der Waals surface area contributed by atoms with Crippen LogP contribution in [-0.4, -0.2) is 52.2 Å². The Hall–Kier alpha value is -1.54. The van der Waals surface area contributed by atoms with E-state index < -0.39 is 5.97 Å². The van der Waals surface area contributed by atoms with Crippen molar-refractivity contribution >= 4 is 28.3 Å². The van der Waals surface area contributed by atoms with Crippen LogP contribution in [0.4, 0.5) is 5.13 Å². The smallest absolute Gasteiger partial charge is 0.304 e. The normalized spacial score (nSPS) is 10.6. The summed E-state index contributed by atoms with van der Waals surface area (Å²) in [5, 5.41) is 20.2. The maximum Gasteiger partial charge on any atom is 0.304 e. The first kappa shape index (κ1) is 14.5. The van der Waals surface area contributed by atoms with Crippen molar-refractivity contribution in [3.05, 3.63) is 5.01 Å². The molecule has 2 N–H and O–H groups in total. The minimum Gasteiger partial charge on any atom is -0.481 e. The largest absolute Gasteiger partial charge is 0.481 e. The fourth-order valence-corrected chi connectivity index (χ4v) is 1.91. The predicted molar refractivity (Wildman–Crippen MR) is 67.7 cm³/mol. The highest BCUT2D eigenvalue weighted by molar-refractivity contribution is 7.15. The second-order valence-electron chi connectivity index (χ2n) is 3.78. The molecule has 7 nitrogen and oxygen atoms in total. The highest BCUT2D eigenvalue weighted by atomic mass is 32.1. The topological polar surface area (TPSA) is 95.4 Å². The van der Waals surface area contributed by atoms with E-state index >= 15 is 0 Å². The van der Waals surface area contributed by atoms with Crippen LogP contribution in [0, 0.1) is 0 Å². The molecule has 0 bridgehead atoms. The minimum atomic E-state index is -0.876. The van der Waals surface area contributed by atoms with Crippen molar-refractivity contribution in [1.82, 2.24) is 15.1 Å². The van der Waals surface area contributed by atoms with Gasteiger partial charge in [0.15, 0.2) is 0 Å². The van der Waals surface area contributed by atoms with Gasteiger partial charge in [0.25, 0.3) is 0 Å². The highest BCUT2D eigenvalue weighted by Gasteiger charge is 2.10. The van der Waals surface area contributed by atoms with E-state index in [1.54, 1.807) is 11.9 Å². The second kappa shape index (κ2) is 7.02. The first-order valence-electron chi connectivity index (χ1n) is 5.53. The van der Waals surface area contributed by atoms with Crippen LogP contribution in [0.15, 0.2) is 0 Å². The third-order valence-electron chi connectivity index (χ3n) is 2.14. The zero-order chi connectivity index (χ0) is 13.5. The van der Waals surface area contributed by atoms with Crippen LogP contribution in [0.2, 0.25) is 0 Å². The average Bonchev–Trinajstić information content (AvgIpc) is 2.73. The van der Waals surface area contributed by atoms with Gasteiger partial charge in [-0.1, -0.05) is 18.3 Å². The third-order valence-corrected chi connectivity index (χ3v) is 3.12. The van der Waals surface area contributed by atoms with E-state index in [1.165, 1.54) is 11.3 Å². The van der Waals surface area contributed by atoms with Gasteiger partial charge in [-0.05, 0) is 13.5 Å². The van der Waals surface area contributed by atoms with Crippen LogP contribution in [0.3, 0.4) is 0 Å². The Bertz CT molecular complexity index is 421. The minimum absolute atomic E-state index is 0.0164. The number of likely N-dealkylation sites (N-methyl/N-ethyl adjacent to an activating group) is 1. The molecule has 1 rings (SSSR count). The number of carbonyl (C=O) groups excluding carboxylic acids is 1. The molecule has 1 aromatic heterocycles. The van der Waals surface area contributed by atoms with Crippen LogP contribution in [0.25, 0.3) is 0 Å². The summed E-state index contributed by atoms with van der Waals surface area (Å²) in [5.41, 5.74) is 0. The van der Waals surface area contributed by atoms with Crippen LogP contribution in [0.1, 0.15) is 18.4 Å². The third kappa shape index (κ3) is 5.19. The zero-order valence-corrected chi connectivity index (χ0v) is 11.2. The van der Waals surface area contributed by atoms with Crippen LogP contribution in [-0.2, 0) is 16.0 Å². The number of amides is 1. The number of anilines is 1. The number of carboxylic acid groups (broad SMARTS) is 1. The Balaban J connectivity index is 2.34. The fourth-order valence-electron chi connectivity index (χ4n) is 1.22. The molecule has 0 fully saturated rings. The fraction of sp³-hybridized carbons (Fsp3) is 0.600. The summed E-state index contributed by atoms with van der Waals surface area (Å²) in [7, 11) is 1.69. The number of nitrogens with zero attached hydrogens (tertiary/aromatic N) is 3. The van der Waals surface area contributed by atoms with Gasteiger partial charge in [-0.2, -0.15) is 0 Å². The second-order valence-corrected chi connectivity index (χ2v) is 4.85. The molecule has 100 valence electrons. The molecular weight excluding hydrogens is 256 g/mol. The maximum atomic E-state index is 11.6. The molecule has 0 radical (unpaired) electrons. The molecule has 0 spiro atoms. The van der Waals surface area contributed by atoms with Crippen LogP contribution >= 0.6 is 11.3 Å². The monoisotopic (exact) mass is 272 g/mol. The molecule has 0 aliphatic rings. The van der Waals surface area contributed by atoms with E-state index in [1.807, 2.05) is 6.92 Å². The molecule has 1 heterocycles. The Morgan fingerprint density at radius 1 is 1.44 bits per heavy atom. The van der Waals surface area contributed by atoms with Crippen molar-refractivity contribution in [2.45, 2.75) is 19.8 Å². The lowest BCUT2D eigenvalue weighted by molar-refractivity contribution is -0.137. The van der Waals surface area contributed by atoms with Gasteiger partial charge in [0, 0.05) is 6.54 Å². The van der Waals surface area contributed by atoms with Gasteiger partial charge in [-0.25, -0.2) is 0 Å². The number of aromatic nitrogens is 2. The number of carboxylic acids is 1. The van der Waals surface area contributed by atoms with Crippen molar-refractivity contribution in [2.24, 2.45) is 0 Å².